The first-order valence-electron chi connectivity index (χ1n) is 9.38. The molecule has 28 heavy (non-hydrogen) atoms. The molecule has 1 amide bonds. The first kappa shape index (κ1) is 19.6. The number of benzene rings is 2. The summed E-state index contributed by atoms with van der Waals surface area (Å²) in [5, 5.41) is 8.95. The van der Waals surface area contributed by atoms with E-state index in [0.717, 1.165) is 23.1 Å². The zero-order valence-corrected chi connectivity index (χ0v) is 16.4. The van der Waals surface area contributed by atoms with Gasteiger partial charge in [0.2, 0.25) is 5.91 Å². The lowest BCUT2D eigenvalue weighted by atomic mass is 10.1. The molecule has 0 aliphatic heterocycles. The molecule has 0 fully saturated rings. The van der Waals surface area contributed by atoms with Gasteiger partial charge in [0, 0.05) is 32.6 Å². The maximum Gasteiger partial charge on any atom is 0.224 e. The number of aryl methyl sites for hydroxylation is 1. The molecule has 2 aromatic carbocycles. The highest BCUT2D eigenvalue weighted by molar-refractivity contribution is 5.77. The maximum absolute atomic E-state index is 12.9. The lowest BCUT2D eigenvalue weighted by Gasteiger charge is -2.25. The molecule has 0 saturated carbocycles. The van der Waals surface area contributed by atoms with Crippen LogP contribution < -0.4 is 0 Å². The minimum Gasteiger partial charge on any atom is -0.337 e. The third-order valence-electron chi connectivity index (χ3n) is 4.72. The molecule has 0 unspecified atom stereocenters. The summed E-state index contributed by atoms with van der Waals surface area (Å²) in [7, 11) is 4.00. The highest BCUT2D eigenvalue weighted by Gasteiger charge is 2.15. The molecule has 1 aromatic heterocycles. The monoisotopic (exact) mass is 375 g/mol. The van der Waals surface area contributed by atoms with E-state index in [0.29, 0.717) is 31.6 Å². The van der Waals surface area contributed by atoms with Crippen LogP contribution in [0.1, 0.15) is 17.5 Å². The van der Waals surface area contributed by atoms with E-state index in [2.05, 4.69) is 16.0 Å². The van der Waals surface area contributed by atoms with Gasteiger partial charge in [-0.3, -0.25) is 4.79 Å². The third-order valence-corrected chi connectivity index (χ3v) is 4.72. The summed E-state index contributed by atoms with van der Waals surface area (Å²) in [5.74, 6) is 0.115. The van der Waals surface area contributed by atoms with Crippen LogP contribution in [0.15, 0.2) is 54.9 Å². The summed E-state index contributed by atoms with van der Waals surface area (Å²) in [6, 6.07) is 17.5. The van der Waals surface area contributed by atoms with E-state index >= 15 is 0 Å². The Morgan fingerprint density at radius 2 is 1.86 bits per heavy atom. The third kappa shape index (κ3) is 4.96. The molecular formula is C22H25N5O. The molecule has 0 aliphatic rings. The van der Waals surface area contributed by atoms with Crippen LogP contribution in [0.3, 0.4) is 0 Å². The van der Waals surface area contributed by atoms with E-state index in [1.165, 1.54) is 0 Å². The molecule has 0 radical (unpaired) electrons. The quantitative estimate of drug-likeness (QED) is 0.607. The number of aromatic nitrogens is 2. The largest absolute Gasteiger partial charge is 0.337 e. The Hall–Kier alpha value is -3.17. The molecule has 6 nitrogen and oxygen atoms in total. The van der Waals surface area contributed by atoms with Gasteiger partial charge in [0.15, 0.2) is 0 Å². The lowest BCUT2D eigenvalue weighted by Crippen LogP contribution is -2.36. The maximum atomic E-state index is 12.9. The van der Waals surface area contributed by atoms with Gasteiger partial charge in [0.05, 0.1) is 29.0 Å². The number of nitriles is 1. The molecule has 144 valence electrons. The fourth-order valence-electron chi connectivity index (χ4n) is 3.08. The molecular weight excluding hydrogens is 350 g/mol. The summed E-state index contributed by atoms with van der Waals surface area (Å²) < 4.78 is 2.03. The summed E-state index contributed by atoms with van der Waals surface area (Å²) in [4.78, 5) is 21.3. The van der Waals surface area contributed by atoms with E-state index in [1.807, 2.05) is 60.0 Å². The van der Waals surface area contributed by atoms with Crippen molar-refractivity contribution in [2.24, 2.45) is 0 Å². The van der Waals surface area contributed by atoms with Gasteiger partial charge in [0.1, 0.15) is 0 Å². The van der Waals surface area contributed by atoms with Gasteiger partial charge in [0.25, 0.3) is 0 Å². The molecule has 0 atom stereocenters. The van der Waals surface area contributed by atoms with Crippen molar-refractivity contribution in [2.45, 2.75) is 19.5 Å². The number of fused-ring (bicyclic) bond motifs is 1. The van der Waals surface area contributed by atoms with Crippen molar-refractivity contribution in [3.8, 4) is 6.07 Å². The van der Waals surface area contributed by atoms with Gasteiger partial charge in [-0.25, -0.2) is 4.98 Å². The van der Waals surface area contributed by atoms with Gasteiger partial charge in [-0.05, 0) is 43.9 Å². The highest BCUT2D eigenvalue weighted by Crippen LogP contribution is 2.13. The molecule has 3 rings (SSSR count). The molecule has 3 aromatic rings. The van der Waals surface area contributed by atoms with Crippen molar-refractivity contribution in [1.29, 1.82) is 5.26 Å². The normalized spacial score (nSPS) is 10.9. The molecule has 0 spiro atoms. The van der Waals surface area contributed by atoms with Crippen LogP contribution in [0, 0.1) is 11.3 Å². The van der Waals surface area contributed by atoms with Crippen LogP contribution in [0.4, 0.5) is 0 Å². The number of para-hydroxylation sites is 2. The first-order chi connectivity index (χ1) is 13.6. The Balaban J connectivity index is 1.67. The highest BCUT2D eigenvalue weighted by atomic mass is 16.2. The second-order valence-corrected chi connectivity index (χ2v) is 7.10. The Bertz CT molecular complexity index is 969. The van der Waals surface area contributed by atoms with Gasteiger partial charge >= 0.3 is 0 Å². The summed E-state index contributed by atoms with van der Waals surface area (Å²) >= 11 is 0. The second-order valence-electron chi connectivity index (χ2n) is 7.10. The minimum absolute atomic E-state index is 0.115. The van der Waals surface area contributed by atoms with Crippen molar-refractivity contribution in [1.82, 2.24) is 19.4 Å². The fraction of sp³-hybridized carbons (Fsp3) is 0.318. The van der Waals surface area contributed by atoms with Crippen LogP contribution in [-0.4, -0.2) is 52.4 Å². The number of hydrogen-bond acceptors (Lipinski definition) is 4. The number of amides is 1. The zero-order valence-electron chi connectivity index (χ0n) is 16.4. The van der Waals surface area contributed by atoms with Crippen LogP contribution >= 0.6 is 0 Å². The average Bonchev–Trinajstić information content (AvgIpc) is 3.12. The van der Waals surface area contributed by atoms with Crippen molar-refractivity contribution in [3.05, 3.63) is 66.0 Å². The second kappa shape index (κ2) is 9.16. The van der Waals surface area contributed by atoms with E-state index in [4.69, 9.17) is 5.26 Å². The van der Waals surface area contributed by atoms with Crippen molar-refractivity contribution >= 4 is 16.9 Å². The Morgan fingerprint density at radius 1 is 1.11 bits per heavy atom. The Labute approximate surface area is 165 Å². The van der Waals surface area contributed by atoms with Crippen molar-refractivity contribution in [3.63, 3.8) is 0 Å². The number of carbonyl (C=O) groups is 1. The summed E-state index contributed by atoms with van der Waals surface area (Å²) in [6.07, 6.45) is 2.22. The number of nitrogens with zero attached hydrogens (tertiary/aromatic N) is 5. The van der Waals surface area contributed by atoms with E-state index < -0.39 is 0 Å². The molecule has 0 N–H and O–H groups in total. The van der Waals surface area contributed by atoms with Crippen LogP contribution in [0.2, 0.25) is 0 Å². The van der Waals surface area contributed by atoms with Crippen LogP contribution in [0.25, 0.3) is 11.0 Å². The fourth-order valence-corrected chi connectivity index (χ4v) is 3.08. The average molecular weight is 375 g/mol. The molecule has 6 heteroatoms. The number of rotatable bonds is 8. The predicted octanol–water partition coefficient (Wildman–Crippen LogP) is 2.89. The standard InChI is InChI=1S/C22H25N5O/c1-25(2)13-14-26(16-19-9-7-18(15-23)8-10-19)22(28)11-12-27-17-24-20-5-3-4-6-21(20)27/h3-10,17H,11-14,16H2,1-2H3. The van der Waals surface area contributed by atoms with Gasteiger partial charge in [-0.1, -0.05) is 24.3 Å². The first-order valence-corrected chi connectivity index (χ1v) is 9.38. The Morgan fingerprint density at radius 3 is 2.57 bits per heavy atom. The van der Waals surface area contributed by atoms with E-state index in [1.54, 1.807) is 18.5 Å². The van der Waals surface area contributed by atoms with Crippen LogP contribution in [-0.2, 0) is 17.9 Å². The topological polar surface area (TPSA) is 65.2 Å². The number of likely N-dealkylation sites (N-methyl/N-ethyl adjacent to an activating group) is 1. The minimum atomic E-state index is 0.115. The van der Waals surface area contributed by atoms with Gasteiger partial charge in [-0.15, -0.1) is 0 Å². The molecule has 1 heterocycles. The Kier molecular flexibility index (Phi) is 6.41. The lowest BCUT2D eigenvalue weighted by molar-refractivity contribution is -0.132. The molecule has 0 aliphatic carbocycles. The number of imidazole rings is 1. The van der Waals surface area contributed by atoms with Crippen LogP contribution in [0.5, 0.6) is 0 Å². The molecule has 0 bridgehead atoms. The van der Waals surface area contributed by atoms with Crippen molar-refractivity contribution in [2.75, 3.05) is 27.2 Å². The smallest absolute Gasteiger partial charge is 0.224 e. The zero-order chi connectivity index (χ0) is 19.9. The summed E-state index contributed by atoms with van der Waals surface area (Å²) in [5.41, 5.74) is 3.64. The van der Waals surface area contributed by atoms with Gasteiger partial charge in [-0.2, -0.15) is 5.26 Å². The molecule has 0 saturated heterocycles. The number of carbonyl (C=O) groups excluding carboxylic acids is 1. The van der Waals surface area contributed by atoms with Crippen molar-refractivity contribution < 1.29 is 4.79 Å². The van der Waals surface area contributed by atoms with E-state index in [9.17, 15) is 4.79 Å². The summed E-state index contributed by atoms with van der Waals surface area (Å²) in [6.45, 7) is 2.61. The SMILES string of the molecule is CN(C)CCN(Cc1ccc(C#N)cc1)C(=O)CCn1cnc2ccccc21. The van der Waals surface area contributed by atoms with E-state index in [-0.39, 0.29) is 5.91 Å². The predicted molar refractivity (Wildman–Crippen MR) is 109 cm³/mol. The number of hydrogen-bond donors (Lipinski definition) is 0. The van der Waals surface area contributed by atoms with Gasteiger partial charge < -0.3 is 14.4 Å².